The number of carbonyl (C=O) groups excluding carboxylic acids is 1. The molecule has 0 aromatic heterocycles. The Morgan fingerprint density at radius 1 is 0.281 bits per heavy atom. The molecule has 1 saturated heterocycles. The standard InChI is InChI=1S/C41H24O2.C12H6.C11H4.C10H2.C9H4.C8H6.C7H4.C6H2.C5H4.C4H6.C3H4.C2H2.CH4/c1-4-6-8-10-12-14-16-17-19-21-23-25-27-31-41-32-28-30-38(41)35(3)33-39-37(34-41)36(40(42)43-39)29-26-24-22-20-18-15-13-11-9-7-5-2;1-3-5-7-9-11-12-10-8-6-4-2;1-3-5-7-9-11-10-8-6-4-2;1-3-5-7-9-10-8-6-4-2;1-3-5-7-9-8-6-4-2;1-3-5-7-8-6-4-2;1-3-5-7-6-4-2;1-3-5-6-4-2;1-3-5-4-2;1-3-4-2;1-3-2;1-2;/h35-39H,28,30,32-34H2,1-3H3;1-2H3;1H,2H3;1-2H;1H,2H3;1-2H3;1H,2H3;1-2H;1H,2H3;1-2H3;1H,2H3;1-2H;1H4. The zero-order chi connectivity index (χ0) is 91.5. The summed E-state index contributed by atoms with van der Waals surface area (Å²) in [6, 6.07) is 0. The Kier molecular flexibility index (Phi) is 118. The van der Waals surface area contributed by atoms with Crippen LogP contribution in [0.1, 0.15) is 136 Å². The van der Waals surface area contributed by atoms with Crippen molar-refractivity contribution in [2.45, 2.75) is 143 Å². The fourth-order valence-corrected chi connectivity index (χ4v) is 7.05. The molecule has 2 nitrogen and oxygen atoms in total. The summed E-state index contributed by atoms with van der Waals surface area (Å²) < 4.78 is 5.82. The molecule has 1 heterocycles. The quantitative estimate of drug-likeness (QED) is 0.178. The maximum Gasteiger partial charge on any atom is 0.321 e. The van der Waals surface area contributed by atoms with Gasteiger partial charge in [0.25, 0.3) is 0 Å². The van der Waals surface area contributed by atoms with E-state index < -0.39 is 5.92 Å². The van der Waals surface area contributed by atoms with Crippen molar-refractivity contribution in [3.63, 3.8) is 0 Å². The highest BCUT2D eigenvalue weighted by Crippen LogP contribution is 2.57. The van der Waals surface area contributed by atoms with Gasteiger partial charge in [-0.2, -0.15) is 0 Å². The van der Waals surface area contributed by atoms with Gasteiger partial charge in [0.2, 0.25) is 0 Å². The van der Waals surface area contributed by atoms with Crippen LogP contribution in [0.3, 0.4) is 0 Å². The van der Waals surface area contributed by atoms with E-state index in [0.717, 1.165) is 32.1 Å². The average molecular weight is 1530 g/mol. The van der Waals surface area contributed by atoms with Crippen molar-refractivity contribution in [2.24, 2.45) is 29.1 Å². The summed E-state index contributed by atoms with van der Waals surface area (Å²) in [5, 5.41) is 0. The molecule has 121 heavy (non-hydrogen) atoms. The van der Waals surface area contributed by atoms with Crippen LogP contribution in [0.5, 0.6) is 0 Å². The topological polar surface area (TPSA) is 26.3 Å². The Hall–Kier alpha value is -20.8. The second-order valence-corrected chi connectivity index (χ2v) is 18.2. The molecule has 2 saturated carbocycles. The number of terminal acetylenes is 10. The van der Waals surface area contributed by atoms with Gasteiger partial charge in [0.15, 0.2) is 0 Å². The molecule has 0 N–H and O–H groups in total. The highest BCUT2D eigenvalue weighted by atomic mass is 16.6. The van der Waals surface area contributed by atoms with E-state index in [1.165, 1.54) is 0 Å². The van der Waals surface area contributed by atoms with Gasteiger partial charge in [0.05, 0.1) is 0 Å². The molecule has 3 aliphatic rings. The highest BCUT2D eigenvalue weighted by molar-refractivity contribution is 5.79. The summed E-state index contributed by atoms with van der Waals surface area (Å²) in [4.78, 5) is 12.8. The SMILES string of the molecule is C.C#C.C#CC.C#CC#CC.C#CC#CC#C.C#CC#CC#CC.C#CC#CC#CC#CC.C#CC#CC#CC#CC#C.C#CC#CC#CC#CC#CC.CC#CC.CC#CC#CC#CC.CC#CC#CC#CC#CC#CC.CC#CC#CC#CC#CC#CC#CC#CC12CCCC1C(C)CC1OC(=O)C(C#CC#CC#CC#CC#CC#CC)C1C2. The van der Waals surface area contributed by atoms with E-state index in [4.69, 9.17) is 56.1 Å². The van der Waals surface area contributed by atoms with Gasteiger partial charge in [0, 0.05) is 11.3 Å². The number of carbonyl (C=O) groups is 1. The fourth-order valence-electron chi connectivity index (χ4n) is 7.05. The lowest BCUT2D eigenvalue weighted by Gasteiger charge is -2.33. The summed E-state index contributed by atoms with van der Waals surface area (Å²) in [6.45, 7) is 24.7. The minimum absolute atomic E-state index is 0. The number of rotatable bonds is 0. The normalized spacial score (nSPS) is 10.6. The van der Waals surface area contributed by atoms with E-state index in [2.05, 4.69) is 506 Å². The third-order valence-corrected chi connectivity index (χ3v) is 10.8. The second-order valence-electron chi connectivity index (χ2n) is 18.2. The molecular formula is C119H72O2. The van der Waals surface area contributed by atoms with Crippen LogP contribution in [0.15, 0.2) is 0 Å². The molecule has 3 rings (SSSR count). The number of hydrogen-bond acceptors (Lipinski definition) is 2. The Balaban J connectivity index is -0.000000162. The van der Waals surface area contributed by atoms with Crippen LogP contribution in [0, 0.1) is 579 Å². The van der Waals surface area contributed by atoms with Crippen molar-refractivity contribution in [1.29, 1.82) is 0 Å². The highest BCUT2D eigenvalue weighted by Gasteiger charge is 2.55. The van der Waals surface area contributed by atoms with Crippen molar-refractivity contribution in [3.8, 4) is 550 Å². The van der Waals surface area contributed by atoms with Crippen LogP contribution < -0.4 is 0 Å². The predicted octanol–water partition coefficient (Wildman–Crippen LogP) is 11.2. The molecule has 0 amide bonds. The molecule has 3 fully saturated rings. The lowest BCUT2D eigenvalue weighted by atomic mass is 9.69. The van der Waals surface area contributed by atoms with Crippen LogP contribution >= 0.6 is 0 Å². The molecule has 0 bridgehead atoms. The minimum atomic E-state index is -0.545. The summed E-state index contributed by atoms with van der Waals surface area (Å²) in [7, 11) is 0. The molecule has 2 aliphatic carbocycles. The zero-order valence-electron chi connectivity index (χ0n) is 69.1. The average Bonchev–Trinajstić information content (AvgIpc) is 1.60. The Labute approximate surface area is 732 Å². The van der Waals surface area contributed by atoms with E-state index in [-0.39, 0.29) is 30.8 Å². The van der Waals surface area contributed by atoms with Crippen molar-refractivity contribution in [3.05, 3.63) is 0 Å². The summed E-state index contributed by atoms with van der Waals surface area (Å²) in [5.41, 5.74) is -0.241. The van der Waals surface area contributed by atoms with Crippen molar-refractivity contribution in [1.82, 2.24) is 0 Å². The molecule has 0 spiro atoms. The number of hydrogen-bond donors (Lipinski definition) is 0. The third-order valence-electron chi connectivity index (χ3n) is 10.8. The molecule has 0 aromatic carbocycles. The van der Waals surface area contributed by atoms with E-state index >= 15 is 0 Å². The summed E-state index contributed by atoms with van der Waals surface area (Å²) >= 11 is 0. The number of ether oxygens (including phenoxy) is 1. The molecular weight excluding hydrogens is 1460 g/mol. The number of esters is 1. The molecule has 0 aromatic rings. The van der Waals surface area contributed by atoms with E-state index in [1.807, 2.05) is 13.8 Å². The largest absolute Gasteiger partial charge is 0.461 e. The maximum atomic E-state index is 12.8. The lowest BCUT2D eigenvalue weighted by molar-refractivity contribution is -0.143. The Morgan fingerprint density at radius 2 is 0.479 bits per heavy atom. The first kappa shape index (κ1) is 121. The first-order valence-corrected chi connectivity index (χ1v) is 33.4. The van der Waals surface area contributed by atoms with E-state index in [9.17, 15) is 4.79 Å². The van der Waals surface area contributed by atoms with Gasteiger partial charge in [-0.05, 0) is 518 Å². The van der Waals surface area contributed by atoms with Crippen molar-refractivity contribution in [2.75, 3.05) is 0 Å². The van der Waals surface area contributed by atoms with Gasteiger partial charge in [0.1, 0.15) is 12.0 Å². The van der Waals surface area contributed by atoms with Gasteiger partial charge in [-0.15, -0.1) is 88.4 Å². The van der Waals surface area contributed by atoms with E-state index in [1.54, 1.807) is 76.2 Å². The zero-order valence-corrected chi connectivity index (χ0v) is 69.1. The van der Waals surface area contributed by atoms with Gasteiger partial charge < -0.3 is 4.74 Å². The smallest absolute Gasteiger partial charge is 0.321 e. The predicted molar refractivity (Wildman–Crippen MR) is 505 cm³/mol. The lowest BCUT2D eigenvalue weighted by Crippen LogP contribution is -2.30. The Bertz CT molecular complexity index is 6480. The molecule has 6 unspecified atom stereocenters. The van der Waals surface area contributed by atoms with Gasteiger partial charge in [-0.25, -0.2) is 0 Å². The van der Waals surface area contributed by atoms with Crippen LogP contribution in [0.25, 0.3) is 0 Å². The van der Waals surface area contributed by atoms with Crippen LogP contribution in [-0.4, -0.2) is 12.1 Å². The molecule has 560 valence electrons. The monoisotopic (exact) mass is 1530 g/mol. The van der Waals surface area contributed by atoms with E-state index in [0.29, 0.717) is 11.8 Å². The van der Waals surface area contributed by atoms with Crippen LogP contribution in [0.2, 0.25) is 0 Å². The van der Waals surface area contributed by atoms with Crippen LogP contribution in [0.4, 0.5) is 0 Å². The third kappa shape index (κ3) is 103. The van der Waals surface area contributed by atoms with Gasteiger partial charge >= 0.3 is 5.97 Å². The molecule has 2 heteroatoms. The molecule has 0 radical (unpaired) electrons. The summed E-state index contributed by atoms with van der Waals surface area (Å²) in [5.74, 6) is 204. The molecule has 1 aliphatic heterocycles. The first-order valence-electron chi connectivity index (χ1n) is 33.4. The van der Waals surface area contributed by atoms with Crippen molar-refractivity contribution < 1.29 is 9.53 Å². The first-order chi connectivity index (χ1) is 58.8. The van der Waals surface area contributed by atoms with Gasteiger partial charge in [-0.1, -0.05) is 91.8 Å². The fraction of sp³-hybridized carbons (Fsp3) is 0.218. The van der Waals surface area contributed by atoms with Crippen LogP contribution in [-0.2, 0) is 9.53 Å². The summed E-state index contributed by atoms with van der Waals surface area (Å²) in [6.07, 6.45) is 55.3. The minimum Gasteiger partial charge on any atom is -0.461 e. The Morgan fingerprint density at radius 3 is 0.694 bits per heavy atom. The molecule has 6 atom stereocenters. The maximum absolute atomic E-state index is 12.8. The van der Waals surface area contributed by atoms with Crippen molar-refractivity contribution >= 4 is 5.97 Å². The van der Waals surface area contributed by atoms with Gasteiger partial charge in [-0.3, -0.25) is 4.79 Å². The second kappa shape index (κ2) is 118. The number of fused-ring (bicyclic) bond motifs is 2.